The lowest BCUT2D eigenvalue weighted by Gasteiger charge is -2.13. The van der Waals surface area contributed by atoms with Gasteiger partial charge in [-0.2, -0.15) is 0 Å². The second-order valence-electron chi connectivity index (χ2n) is 7.62. The molecule has 1 amide bonds. The predicted molar refractivity (Wildman–Crippen MR) is 127 cm³/mol. The van der Waals surface area contributed by atoms with Crippen molar-refractivity contribution >= 4 is 28.5 Å². The molecular formula is C24H22ClN5O3. The number of carbonyl (C=O) groups is 1. The molecule has 0 radical (unpaired) electrons. The lowest BCUT2D eigenvalue weighted by atomic mass is 10.1. The fourth-order valence-electron chi connectivity index (χ4n) is 3.47. The van der Waals surface area contributed by atoms with Crippen LogP contribution in [0, 0.1) is 6.92 Å². The molecule has 9 heteroatoms. The van der Waals surface area contributed by atoms with E-state index in [1.807, 2.05) is 31.2 Å². The van der Waals surface area contributed by atoms with Gasteiger partial charge in [0.25, 0.3) is 5.56 Å². The number of aromatic nitrogens is 4. The number of benzene rings is 2. The van der Waals surface area contributed by atoms with Gasteiger partial charge in [0.05, 0.1) is 0 Å². The van der Waals surface area contributed by atoms with Crippen LogP contribution in [0.2, 0.25) is 5.02 Å². The number of amides is 1. The van der Waals surface area contributed by atoms with Gasteiger partial charge in [0, 0.05) is 29.9 Å². The average Bonchev–Trinajstić information content (AvgIpc) is 2.82. The molecule has 0 unspecified atom stereocenters. The molecule has 4 aromatic rings. The molecule has 4 rings (SSSR count). The van der Waals surface area contributed by atoms with Gasteiger partial charge in [-0.15, -0.1) is 0 Å². The minimum absolute atomic E-state index is 0.167. The lowest BCUT2D eigenvalue weighted by Crippen LogP contribution is -2.44. The van der Waals surface area contributed by atoms with E-state index in [1.165, 1.54) is 10.8 Å². The first-order valence-electron chi connectivity index (χ1n) is 10.5. The van der Waals surface area contributed by atoms with Crippen LogP contribution in [0.15, 0.2) is 64.3 Å². The van der Waals surface area contributed by atoms with Gasteiger partial charge in [-0.25, -0.2) is 14.8 Å². The zero-order chi connectivity index (χ0) is 23.5. The first-order chi connectivity index (χ1) is 15.9. The zero-order valence-corrected chi connectivity index (χ0v) is 19.0. The highest BCUT2D eigenvalue weighted by Crippen LogP contribution is 2.19. The number of fused-ring (bicyclic) bond motifs is 1. The van der Waals surface area contributed by atoms with E-state index in [1.54, 1.807) is 31.2 Å². The molecule has 0 atom stereocenters. The molecule has 0 bridgehead atoms. The van der Waals surface area contributed by atoms with Gasteiger partial charge < -0.3 is 5.32 Å². The van der Waals surface area contributed by atoms with Crippen LogP contribution < -0.4 is 16.6 Å². The molecule has 1 N–H and O–H groups in total. The number of halogens is 1. The molecular weight excluding hydrogens is 442 g/mol. The number of aryl methyl sites for hydroxylation is 2. The van der Waals surface area contributed by atoms with E-state index in [9.17, 15) is 14.4 Å². The van der Waals surface area contributed by atoms with Gasteiger partial charge >= 0.3 is 5.69 Å². The molecule has 168 valence electrons. The van der Waals surface area contributed by atoms with Gasteiger partial charge in [-0.05, 0) is 43.7 Å². The SMILES string of the molecule is CCn1c(=O)n(CC(=O)NCc2ccc(C)cc2)c(=O)c2cnc(-c3ccc(Cl)cc3)nc21. The van der Waals surface area contributed by atoms with Crippen molar-refractivity contribution in [2.24, 2.45) is 0 Å². The molecule has 0 saturated heterocycles. The van der Waals surface area contributed by atoms with E-state index in [-0.39, 0.29) is 17.6 Å². The Bertz CT molecular complexity index is 1440. The average molecular weight is 464 g/mol. The first kappa shape index (κ1) is 22.4. The van der Waals surface area contributed by atoms with Crippen LogP contribution in [0.4, 0.5) is 0 Å². The Morgan fingerprint density at radius 2 is 1.73 bits per heavy atom. The summed E-state index contributed by atoms with van der Waals surface area (Å²) in [6.07, 6.45) is 1.39. The predicted octanol–water partition coefficient (Wildman–Crippen LogP) is 2.92. The Labute approximate surface area is 194 Å². The number of nitrogens with one attached hydrogen (secondary N) is 1. The summed E-state index contributed by atoms with van der Waals surface area (Å²) in [6.45, 7) is 3.94. The molecule has 8 nitrogen and oxygen atoms in total. The Kier molecular flexibility index (Phi) is 6.37. The highest BCUT2D eigenvalue weighted by molar-refractivity contribution is 6.30. The van der Waals surface area contributed by atoms with Gasteiger partial charge in [-0.1, -0.05) is 41.4 Å². The maximum absolute atomic E-state index is 13.0. The van der Waals surface area contributed by atoms with Crippen molar-refractivity contribution in [3.05, 3.63) is 91.7 Å². The van der Waals surface area contributed by atoms with Crippen LogP contribution >= 0.6 is 11.6 Å². The number of hydrogen-bond acceptors (Lipinski definition) is 5. The molecule has 0 saturated carbocycles. The van der Waals surface area contributed by atoms with Crippen molar-refractivity contribution in [1.82, 2.24) is 24.4 Å². The zero-order valence-electron chi connectivity index (χ0n) is 18.2. The molecule has 2 aromatic carbocycles. The maximum atomic E-state index is 13.0. The van der Waals surface area contributed by atoms with Crippen LogP contribution in [0.25, 0.3) is 22.4 Å². The highest BCUT2D eigenvalue weighted by Gasteiger charge is 2.17. The topological polar surface area (TPSA) is 98.9 Å². The summed E-state index contributed by atoms with van der Waals surface area (Å²) in [4.78, 5) is 47.3. The van der Waals surface area contributed by atoms with Gasteiger partial charge in [0.1, 0.15) is 11.9 Å². The van der Waals surface area contributed by atoms with E-state index < -0.39 is 23.7 Å². The third kappa shape index (κ3) is 4.70. The standard InChI is InChI=1S/C24H22ClN5O3/c1-3-29-22-19(13-27-21(28-22)17-8-10-18(25)11-9-17)23(32)30(24(29)33)14-20(31)26-12-16-6-4-15(2)5-7-16/h4-11,13H,3,12,14H2,1-2H3,(H,26,31). The van der Waals surface area contributed by atoms with Crippen molar-refractivity contribution in [3.8, 4) is 11.4 Å². The van der Waals surface area contributed by atoms with Crippen LogP contribution in [-0.2, 0) is 24.4 Å². The summed E-state index contributed by atoms with van der Waals surface area (Å²) in [7, 11) is 0. The molecule has 2 aromatic heterocycles. The van der Waals surface area contributed by atoms with Crippen molar-refractivity contribution in [2.45, 2.75) is 33.5 Å². The smallest absolute Gasteiger partial charge is 0.333 e. The molecule has 0 spiro atoms. The molecule has 0 aliphatic heterocycles. The third-order valence-corrected chi connectivity index (χ3v) is 5.54. The fraction of sp³-hybridized carbons (Fsp3) is 0.208. The molecule has 0 fully saturated rings. The second-order valence-corrected chi connectivity index (χ2v) is 8.05. The van der Waals surface area contributed by atoms with Crippen molar-refractivity contribution < 1.29 is 4.79 Å². The van der Waals surface area contributed by atoms with E-state index in [0.29, 0.717) is 23.0 Å². The number of carbonyl (C=O) groups excluding carboxylic acids is 1. The minimum atomic E-state index is -0.604. The summed E-state index contributed by atoms with van der Waals surface area (Å²) < 4.78 is 2.28. The Morgan fingerprint density at radius 1 is 1.03 bits per heavy atom. The summed E-state index contributed by atoms with van der Waals surface area (Å²) in [5, 5.41) is 3.50. The first-order valence-corrected chi connectivity index (χ1v) is 10.8. The third-order valence-electron chi connectivity index (χ3n) is 5.29. The normalized spacial score (nSPS) is 11.0. The highest BCUT2D eigenvalue weighted by atomic mass is 35.5. The maximum Gasteiger partial charge on any atom is 0.333 e. The van der Waals surface area contributed by atoms with E-state index >= 15 is 0 Å². The summed E-state index contributed by atoms with van der Waals surface area (Å²) in [5.74, 6) is -0.0655. The summed E-state index contributed by atoms with van der Waals surface area (Å²) in [6, 6.07) is 14.7. The van der Waals surface area contributed by atoms with Gasteiger partial charge in [-0.3, -0.25) is 18.7 Å². The number of nitrogens with zero attached hydrogens (tertiary/aromatic N) is 4. The van der Waals surface area contributed by atoms with Crippen molar-refractivity contribution in [1.29, 1.82) is 0 Å². The van der Waals surface area contributed by atoms with Gasteiger partial charge in [0.15, 0.2) is 11.5 Å². The van der Waals surface area contributed by atoms with E-state index in [2.05, 4.69) is 15.3 Å². The quantitative estimate of drug-likeness (QED) is 0.474. The molecule has 2 heterocycles. The molecule has 0 aliphatic carbocycles. The second kappa shape index (κ2) is 9.38. The Hall–Kier alpha value is -3.78. The van der Waals surface area contributed by atoms with Crippen LogP contribution in [0.1, 0.15) is 18.1 Å². The van der Waals surface area contributed by atoms with E-state index in [4.69, 9.17) is 11.6 Å². The van der Waals surface area contributed by atoms with Crippen LogP contribution in [0.5, 0.6) is 0 Å². The Balaban J connectivity index is 1.66. The molecule has 33 heavy (non-hydrogen) atoms. The van der Waals surface area contributed by atoms with Crippen LogP contribution in [-0.4, -0.2) is 25.0 Å². The van der Waals surface area contributed by atoms with Crippen molar-refractivity contribution in [3.63, 3.8) is 0 Å². The Morgan fingerprint density at radius 3 is 2.39 bits per heavy atom. The molecule has 0 aliphatic rings. The van der Waals surface area contributed by atoms with Gasteiger partial charge in [0.2, 0.25) is 5.91 Å². The number of hydrogen-bond donors (Lipinski definition) is 1. The summed E-state index contributed by atoms with van der Waals surface area (Å²) in [5.41, 5.74) is 1.78. The minimum Gasteiger partial charge on any atom is -0.350 e. The van der Waals surface area contributed by atoms with E-state index in [0.717, 1.165) is 15.7 Å². The monoisotopic (exact) mass is 463 g/mol. The summed E-state index contributed by atoms with van der Waals surface area (Å²) >= 11 is 5.94. The largest absolute Gasteiger partial charge is 0.350 e. The lowest BCUT2D eigenvalue weighted by molar-refractivity contribution is -0.121. The number of rotatable bonds is 6. The fourth-order valence-corrected chi connectivity index (χ4v) is 3.59. The van der Waals surface area contributed by atoms with Crippen LogP contribution in [0.3, 0.4) is 0 Å². The van der Waals surface area contributed by atoms with Crippen molar-refractivity contribution in [2.75, 3.05) is 0 Å².